The molecule has 0 aliphatic heterocycles. The third kappa shape index (κ3) is 3.54. The Morgan fingerprint density at radius 3 is 1.85 bits per heavy atom. The molecule has 0 nitrogen and oxygen atoms in total. The Labute approximate surface area is 249 Å². The molecule has 0 unspecified atom stereocenters. The van der Waals surface area contributed by atoms with Gasteiger partial charge in [0.2, 0.25) is 0 Å². The monoisotopic (exact) mass is 517 g/mol. The molecular formula is C40H26. The summed E-state index contributed by atoms with van der Waals surface area (Å²) in [5, 5.41) is 3.75. The van der Waals surface area contributed by atoms with E-state index in [4.69, 9.17) is 13.7 Å². The summed E-state index contributed by atoms with van der Waals surface area (Å²) in [5.41, 5.74) is 3.44. The van der Waals surface area contributed by atoms with E-state index in [1.54, 1.807) is 12.1 Å². The van der Waals surface area contributed by atoms with Crippen molar-refractivity contribution in [3.63, 3.8) is 0 Å². The molecule has 0 bridgehead atoms. The molecule has 0 amide bonds. The lowest BCUT2D eigenvalue weighted by atomic mass is 9.84. The number of hydrogen-bond acceptors (Lipinski definition) is 0. The van der Waals surface area contributed by atoms with Crippen LogP contribution < -0.4 is 0 Å². The van der Waals surface area contributed by atoms with Crippen molar-refractivity contribution in [2.45, 2.75) is 0 Å². The van der Waals surface area contributed by atoms with Gasteiger partial charge in [0.1, 0.15) is 0 Å². The molecule has 0 fully saturated rings. The van der Waals surface area contributed by atoms with Gasteiger partial charge in [-0.25, -0.2) is 0 Å². The predicted molar refractivity (Wildman–Crippen MR) is 173 cm³/mol. The van der Waals surface area contributed by atoms with Gasteiger partial charge in [0.05, 0.1) is 15.1 Å². The van der Waals surface area contributed by atoms with Crippen LogP contribution in [0.4, 0.5) is 0 Å². The zero-order valence-corrected chi connectivity index (χ0v) is 21.2. The van der Waals surface area contributed by atoms with Crippen molar-refractivity contribution in [1.29, 1.82) is 0 Å². The van der Waals surface area contributed by atoms with Gasteiger partial charge < -0.3 is 0 Å². The van der Waals surface area contributed by atoms with E-state index in [1.165, 1.54) is 0 Å². The van der Waals surface area contributed by atoms with Crippen molar-refractivity contribution in [2.24, 2.45) is 0 Å². The average Bonchev–Trinajstić information content (AvgIpc) is 3.15. The maximum absolute atomic E-state index is 9.21. The standard InChI is InChI=1S/C40H26/c1-2-13-28(14-3-1)39-35-18-6-8-20-37(35)40(38-21-9-7-19-36(38)39)34-23-11-16-29-26-30(24-25-33(29)34)32-22-10-15-27-12-4-5-17-31(27)32/h1-26H/i4D,5D,6D,8D,10D,12D,15D,17D,18D,20D,22D. The Hall–Kier alpha value is -5.20. The van der Waals surface area contributed by atoms with E-state index in [9.17, 15) is 1.37 Å². The molecule has 8 rings (SSSR count). The minimum absolute atomic E-state index is 0.00647. The molecule has 0 heterocycles. The second-order valence-electron chi connectivity index (χ2n) is 9.65. The van der Waals surface area contributed by atoms with Gasteiger partial charge >= 0.3 is 0 Å². The summed E-state index contributed by atoms with van der Waals surface area (Å²) in [6, 6.07) is 24.3. The van der Waals surface area contributed by atoms with Crippen LogP contribution in [-0.2, 0) is 0 Å². The molecule has 0 aromatic heterocycles. The topological polar surface area (TPSA) is 0 Å². The molecule has 0 spiro atoms. The van der Waals surface area contributed by atoms with E-state index in [0.29, 0.717) is 38.4 Å². The van der Waals surface area contributed by atoms with Crippen molar-refractivity contribution >= 4 is 43.1 Å². The summed E-state index contributed by atoms with van der Waals surface area (Å²) in [5.74, 6) is 0. The second-order valence-corrected chi connectivity index (χ2v) is 9.65. The van der Waals surface area contributed by atoms with E-state index < -0.39 is 30.2 Å². The highest BCUT2D eigenvalue weighted by Crippen LogP contribution is 2.45. The van der Waals surface area contributed by atoms with Crippen molar-refractivity contribution in [3.05, 3.63) is 157 Å². The number of fused-ring (bicyclic) bond motifs is 4. The quantitative estimate of drug-likeness (QED) is 0.204. The lowest BCUT2D eigenvalue weighted by Crippen LogP contribution is -1.91. The van der Waals surface area contributed by atoms with Crippen LogP contribution in [-0.4, -0.2) is 0 Å². The first-order valence-corrected chi connectivity index (χ1v) is 13.0. The lowest BCUT2D eigenvalue weighted by Gasteiger charge is -2.19. The highest BCUT2D eigenvalue weighted by molar-refractivity contribution is 6.23. The van der Waals surface area contributed by atoms with E-state index in [-0.39, 0.29) is 52.6 Å². The molecule has 0 saturated carbocycles. The fourth-order valence-electron chi connectivity index (χ4n) is 5.75. The van der Waals surface area contributed by atoms with Crippen LogP contribution in [0.2, 0.25) is 0 Å². The SMILES string of the molecule is [2H]c1c([2H])c([2H])c2c(-c3ccc4c(-c5c6ccccc6c(-c6ccccc6)c6c([2H])c([2H])c([2H])c([2H])c56)cccc4c3)c([2H])c([2H])c([2H])c2c1[2H]. The van der Waals surface area contributed by atoms with Crippen LogP contribution in [0.15, 0.2) is 157 Å². The summed E-state index contributed by atoms with van der Waals surface area (Å²) in [4.78, 5) is 0. The van der Waals surface area contributed by atoms with Crippen molar-refractivity contribution in [3.8, 4) is 33.4 Å². The van der Waals surface area contributed by atoms with Gasteiger partial charge in [-0.1, -0.05) is 151 Å². The Kier molecular flexibility index (Phi) is 3.29. The highest BCUT2D eigenvalue weighted by atomic mass is 14.2. The Balaban J connectivity index is 1.49. The summed E-state index contributed by atoms with van der Waals surface area (Å²) in [6.07, 6.45) is 0. The van der Waals surface area contributed by atoms with Gasteiger partial charge in [0.15, 0.2) is 0 Å². The average molecular weight is 518 g/mol. The highest BCUT2D eigenvalue weighted by Gasteiger charge is 2.17. The summed E-state index contributed by atoms with van der Waals surface area (Å²) >= 11 is 0. The largest absolute Gasteiger partial charge is 0.0629 e. The molecule has 186 valence electrons. The number of hydrogen-bond donors (Lipinski definition) is 0. The van der Waals surface area contributed by atoms with Crippen LogP contribution in [0.5, 0.6) is 0 Å². The van der Waals surface area contributed by atoms with Crippen LogP contribution in [0.1, 0.15) is 15.1 Å². The van der Waals surface area contributed by atoms with Crippen molar-refractivity contribution in [1.82, 2.24) is 0 Å². The third-order valence-electron chi connectivity index (χ3n) is 7.47. The first-order chi connectivity index (χ1) is 24.4. The van der Waals surface area contributed by atoms with Crippen LogP contribution in [0.25, 0.3) is 76.5 Å². The van der Waals surface area contributed by atoms with Gasteiger partial charge in [0.25, 0.3) is 0 Å². The molecular weight excluding hydrogens is 480 g/mol. The van der Waals surface area contributed by atoms with Gasteiger partial charge in [-0.3, -0.25) is 0 Å². The second kappa shape index (κ2) is 9.22. The lowest BCUT2D eigenvalue weighted by molar-refractivity contribution is 1.66. The minimum atomic E-state index is -0.511. The fourth-order valence-corrected chi connectivity index (χ4v) is 5.75. The van der Waals surface area contributed by atoms with E-state index >= 15 is 0 Å². The summed E-state index contributed by atoms with van der Waals surface area (Å²) in [6.45, 7) is 0. The molecule has 0 aliphatic rings. The Bertz CT molecular complexity index is 2800. The Morgan fingerprint density at radius 1 is 0.350 bits per heavy atom. The summed E-state index contributed by atoms with van der Waals surface area (Å²) in [7, 11) is 0. The third-order valence-corrected chi connectivity index (χ3v) is 7.47. The smallest absolute Gasteiger partial charge is 0.0622 e. The zero-order chi connectivity index (χ0) is 36.0. The summed E-state index contributed by atoms with van der Waals surface area (Å²) < 4.78 is 95.2. The number of rotatable bonds is 3. The van der Waals surface area contributed by atoms with Gasteiger partial charge in [-0.05, 0) is 82.5 Å². The molecule has 0 aliphatic carbocycles. The van der Waals surface area contributed by atoms with Crippen LogP contribution in [0.3, 0.4) is 0 Å². The predicted octanol–water partition coefficient (Wildman–Crippen LogP) is 11.3. The van der Waals surface area contributed by atoms with Crippen molar-refractivity contribution in [2.75, 3.05) is 0 Å². The van der Waals surface area contributed by atoms with E-state index in [1.807, 2.05) is 78.9 Å². The molecule has 0 N–H and O–H groups in total. The normalized spacial score (nSPS) is 15.3. The first-order valence-electron chi connectivity index (χ1n) is 18.5. The number of benzene rings is 8. The molecule has 8 aromatic carbocycles. The first kappa shape index (κ1) is 14.3. The minimum Gasteiger partial charge on any atom is -0.0622 e. The van der Waals surface area contributed by atoms with Gasteiger partial charge in [-0.15, -0.1) is 0 Å². The molecule has 0 heteroatoms. The van der Waals surface area contributed by atoms with Crippen LogP contribution in [0, 0.1) is 0 Å². The Morgan fingerprint density at radius 2 is 1.02 bits per heavy atom. The molecule has 0 saturated heterocycles. The fraction of sp³-hybridized carbons (Fsp3) is 0. The molecule has 0 radical (unpaired) electrons. The van der Waals surface area contributed by atoms with Gasteiger partial charge in [0, 0.05) is 0 Å². The molecule has 8 aromatic rings. The van der Waals surface area contributed by atoms with Crippen molar-refractivity contribution < 1.29 is 15.1 Å². The van der Waals surface area contributed by atoms with Crippen LogP contribution >= 0.6 is 0 Å². The molecule has 0 atom stereocenters. The zero-order valence-electron chi connectivity index (χ0n) is 32.2. The maximum Gasteiger partial charge on any atom is 0.0629 e. The van der Waals surface area contributed by atoms with Gasteiger partial charge in [-0.2, -0.15) is 0 Å². The maximum atomic E-state index is 9.21. The molecule has 40 heavy (non-hydrogen) atoms. The van der Waals surface area contributed by atoms with E-state index in [0.717, 1.165) is 21.7 Å². The van der Waals surface area contributed by atoms with E-state index in [2.05, 4.69) is 0 Å².